The Labute approximate surface area is 180 Å². The smallest absolute Gasteiger partial charge is 0.410 e. The van der Waals surface area contributed by atoms with Gasteiger partial charge in [-0.25, -0.2) is 14.8 Å². The number of ether oxygens (including phenoxy) is 1. The molecule has 1 atom stereocenters. The zero-order valence-electron chi connectivity index (χ0n) is 18.0. The number of piperidine rings is 1. The van der Waals surface area contributed by atoms with Crippen LogP contribution in [-0.4, -0.2) is 50.7 Å². The fraction of sp³-hybridized carbons (Fsp3) is 0.391. The number of nitrogens with zero attached hydrogens (tertiary/aromatic N) is 3. The predicted molar refractivity (Wildman–Crippen MR) is 120 cm³/mol. The number of rotatable bonds is 3. The van der Waals surface area contributed by atoms with Gasteiger partial charge < -0.3 is 19.9 Å². The van der Waals surface area contributed by atoms with Crippen LogP contribution in [-0.2, 0) is 4.74 Å². The first-order valence-electron chi connectivity index (χ1n) is 10.5. The molecule has 1 saturated heterocycles. The number of nitrogens with one attached hydrogen (secondary N) is 2. The van der Waals surface area contributed by atoms with Crippen LogP contribution < -0.4 is 10.9 Å². The Morgan fingerprint density at radius 2 is 2.00 bits per heavy atom. The molecule has 1 aliphatic rings. The number of benzene rings is 1. The molecule has 162 valence electrons. The molecule has 2 aromatic heterocycles. The number of likely N-dealkylation sites (tertiary alicyclic amines) is 1. The van der Waals surface area contributed by atoms with Crippen molar-refractivity contribution in [1.82, 2.24) is 19.9 Å². The molecule has 1 aliphatic heterocycles. The Kier molecular flexibility index (Phi) is 5.63. The molecular formula is C23H27N5O3. The molecule has 0 spiro atoms. The van der Waals surface area contributed by atoms with E-state index in [-0.39, 0.29) is 17.7 Å². The Balaban J connectivity index is 1.60. The Morgan fingerprint density at radius 1 is 1.23 bits per heavy atom. The van der Waals surface area contributed by atoms with Crippen LogP contribution in [0, 0.1) is 0 Å². The lowest BCUT2D eigenvalue weighted by molar-refractivity contribution is 0.0206. The molecular weight excluding hydrogens is 394 g/mol. The molecule has 3 heterocycles. The van der Waals surface area contributed by atoms with Crippen molar-refractivity contribution in [2.75, 3.05) is 18.4 Å². The number of hydrogen-bond donors (Lipinski definition) is 2. The van der Waals surface area contributed by atoms with Crippen LogP contribution >= 0.6 is 0 Å². The van der Waals surface area contributed by atoms with Gasteiger partial charge in [0, 0.05) is 24.7 Å². The molecule has 1 aromatic carbocycles. The Hall–Kier alpha value is -3.42. The molecule has 1 amide bonds. The summed E-state index contributed by atoms with van der Waals surface area (Å²) in [5.74, 6) is 0.634. The van der Waals surface area contributed by atoms with E-state index in [0.29, 0.717) is 30.1 Å². The van der Waals surface area contributed by atoms with Gasteiger partial charge in [-0.3, -0.25) is 4.79 Å². The zero-order chi connectivity index (χ0) is 22.0. The van der Waals surface area contributed by atoms with Gasteiger partial charge in [-0.2, -0.15) is 0 Å². The number of H-pyrrole nitrogens is 1. The number of amides is 1. The van der Waals surface area contributed by atoms with Crippen molar-refractivity contribution in [2.45, 2.75) is 45.3 Å². The topological polar surface area (TPSA) is 100 Å². The third-order valence-corrected chi connectivity index (χ3v) is 5.15. The summed E-state index contributed by atoms with van der Waals surface area (Å²) in [6.07, 6.45) is 2.89. The van der Waals surface area contributed by atoms with Gasteiger partial charge in [0.15, 0.2) is 0 Å². The summed E-state index contributed by atoms with van der Waals surface area (Å²) in [4.78, 5) is 38.3. The maximum Gasteiger partial charge on any atom is 0.410 e. The average Bonchev–Trinajstić information content (AvgIpc) is 2.73. The molecule has 31 heavy (non-hydrogen) atoms. The van der Waals surface area contributed by atoms with Crippen LogP contribution in [0.5, 0.6) is 0 Å². The fourth-order valence-corrected chi connectivity index (χ4v) is 3.74. The number of carbonyl (C=O) groups excluding carboxylic acids is 1. The largest absolute Gasteiger partial charge is 0.444 e. The summed E-state index contributed by atoms with van der Waals surface area (Å²) in [5.41, 5.74) is 1.14. The minimum atomic E-state index is -0.528. The summed E-state index contributed by atoms with van der Waals surface area (Å²) in [7, 11) is 0. The number of hydrogen-bond acceptors (Lipinski definition) is 6. The number of anilines is 1. The van der Waals surface area contributed by atoms with Crippen molar-refractivity contribution in [3.05, 3.63) is 53.1 Å². The standard InChI is InChI=1S/C23H27N5O3/c1-23(2,3)31-22(30)28-11-7-10-16(13-28)26-19-18-12-17(15-8-5-4-6-9-15)21(29)27-20(18)25-14-24-19/h4-6,8-9,12,14,16H,7,10-11,13H2,1-3H3,(H2,24,25,26,27,29). The van der Waals surface area contributed by atoms with Gasteiger partial charge in [0.1, 0.15) is 23.4 Å². The van der Waals surface area contributed by atoms with Crippen molar-refractivity contribution in [3.8, 4) is 11.1 Å². The fourth-order valence-electron chi connectivity index (χ4n) is 3.74. The molecule has 1 fully saturated rings. The number of carbonyl (C=O) groups is 1. The lowest BCUT2D eigenvalue weighted by atomic mass is 10.0. The minimum Gasteiger partial charge on any atom is -0.444 e. The van der Waals surface area contributed by atoms with E-state index in [4.69, 9.17) is 4.74 Å². The normalized spacial score (nSPS) is 16.9. The highest BCUT2D eigenvalue weighted by Crippen LogP contribution is 2.25. The second kappa shape index (κ2) is 8.37. The molecule has 2 N–H and O–H groups in total. The molecule has 3 aromatic rings. The number of pyridine rings is 1. The van der Waals surface area contributed by atoms with Crippen molar-refractivity contribution < 1.29 is 9.53 Å². The molecule has 8 nitrogen and oxygen atoms in total. The Morgan fingerprint density at radius 3 is 2.74 bits per heavy atom. The summed E-state index contributed by atoms with van der Waals surface area (Å²) in [6.45, 7) is 6.78. The molecule has 0 radical (unpaired) electrons. The highest BCUT2D eigenvalue weighted by Gasteiger charge is 2.28. The monoisotopic (exact) mass is 421 g/mol. The third-order valence-electron chi connectivity index (χ3n) is 5.15. The van der Waals surface area contributed by atoms with E-state index in [9.17, 15) is 9.59 Å². The summed E-state index contributed by atoms with van der Waals surface area (Å²) >= 11 is 0. The first kappa shape index (κ1) is 20.8. The summed E-state index contributed by atoms with van der Waals surface area (Å²) in [5, 5.41) is 4.18. The molecule has 8 heteroatoms. The van der Waals surface area contributed by atoms with Crippen LogP contribution in [0.15, 0.2) is 47.5 Å². The van der Waals surface area contributed by atoms with Gasteiger partial charge in [-0.1, -0.05) is 30.3 Å². The van der Waals surface area contributed by atoms with E-state index < -0.39 is 5.60 Å². The van der Waals surface area contributed by atoms with Crippen molar-refractivity contribution in [3.63, 3.8) is 0 Å². The second-order valence-corrected chi connectivity index (χ2v) is 8.77. The number of aromatic nitrogens is 3. The summed E-state index contributed by atoms with van der Waals surface area (Å²) in [6, 6.07) is 11.3. The minimum absolute atomic E-state index is 0.0199. The van der Waals surface area contributed by atoms with Gasteiger partial charge in [0.25, 0.3) is 5.56 Å². The molecule has 1 unspecified atom stereocenters. The van der Waals surface area contributed by atoms with Crippen LogP contribution in [0.3, 0.4) is 0 Å². The maximum atomic E-state index is 12.6. The van der Waals surface area contributed by atoms with E-state index >= 15 is 0 Å². The Bertz CT molecular complexity index is 1140. The quantitative estimate of drug-likeness (QED) is 0.667. The molecule has 0 aliphatic carbocycles. The van der Waals surface area contributed by atoms with E-state index in [1.54, 1.807) is 4.90 Å². The lowest BCUT2D eigenvalue weighted by Crippen LogP contribution is -2.47. The van der Waals surface area contributed by atoms with Crippen LogP contribution in [0.4, 0.5) is 10.6 Å². The summed E-state index contributed by atoms with van der Waals surface area (Å²) < 4.78 is 5.52. The zero-order valence-corrected chi connectivity index (χ0v) is 18.0. The number of fused-ring (bicyclic) bond motifs is 1. The van der Waals surface area contributed by atoms with E-state index in [2.05, 4.69) is 20.3 Å². The van der Waals surface area contributed by atoms with Gasteiger partial charge in [-0.15, -0.1) is 0 Å². The number of aromatic amines is 1. The van der Waals surface area contributed by atoms with Crippen molar-refractivity contribution in [2.24, 2.45) is 0 Å². The van der Waals surface area contributed by atoms with Gasteiger partial charge >= 0.3 is 6.09 Å². The highest BCUT2D eigenvalue weighted by molar-refractivity contribution is 5.89. The molecule has 0 saturated carbocycles. The maximum absolute atomic E-state index is 12.6. The highest BCUT2D eigenvalue weighted by atomic mass is 16.6. The van der Waals surface area contributed by atoms with Gasteiger partial charge in [0.05, 0.1) is 5.39 Å². The second-order valence-electron chi connectivity index (χ2n) is 8.77. The van der Waals surface area contributed by atoms with E-state index in [1.165, 1.54) is 6.33 Å². The predicted octanol–water partition coefficient (Wildman–Crippen LogP) is 3.80. The van der Waals surface area contributed by atoms with Gasteiger partial charge in [0.2, 0.25) is 0 Å². The first-order chi connectivity index (χ1) is 14.8. The van der Waals surface area contributed by atoms with Crippen LogP contribution in [0.2, 0.25) is 0 Å². The average molecular weight is 422 g/mol. The van der Waals surface area contributed by atoms with Gasteiger partial charge in [-0.05, 0) is 45.2 Å². The van der Waals surface area contributed by atoms with E-state index in [1.807, 2.05) is 57.2 Å². The molecule has 0 bridgehead atoms. The van der Waals surface area contributed by atoms with Crippen molar-refractivity contribution >= 4 is 22.9 Å². The van der Waals surface area contributed by atoms with E-state index in [0.717, 1.165) is 23.8 Å². The van der Waals surface area contributed by atoms with Crippen LogP contribution in [0.25, 0.3) is 22.2 Å². The van der Waals surface area contributed by atoms with Crippen molar-refractivity contribution in [1.29, 1.82) is 0 Å². The van der Waals surface area contributed by atoms with Crippen LogP contribution in [0.1, 0.15) is 33.6 Å². The lowest BCUT2D eigenvalue weighted by Gasteiger charge is -2.34. The molecule has 4 rings (SSSR count). The third kappa shape index (κ3) is 4.84. The SMILES string of the molecule is CC(C)(C)OC(=O)N1CCCC(Nc2ncnc3[nH]c(=O)c(-c4ccccc4)cc23)C1. The first-order valence-corrected chi connectivity index (χ1v) is 10.5.